The summed E-state index contributed by atoms with van der Waals surface area (Å²) in [6.45, 7) is 9.53. The van der Waals surface area contributed by atoms with E-state index < -0.39 is 13.2 Å². The second kappa shape index (κ2) is 12.0. The minimum absolute atomic E-state index is 0.0242. The number of anilines is 2. The summed E-state index contributed by atoms with van der Waals surface area (Å²) in [4.78, 5) is 21.5. The van der Waals surface area contributed by atoms with Gasteiger partial charge in [0.05, 0.1) is 30.0 Å². The van der Waals surface area contributed by atoms with E-state index in [0.717, 1.165) is 22.6 Å². The number of amidine groups is 1. The summed E-state index contributed by atoms with van der Waals surface area (Å²) in [6.07, 6.45) is 2.48. The predicted molar refractivity (Wildman–Crippen MR) is 172 cm³/mol. The van der Waals surface area contributed by atoms with Crippen LogP contribution in [0.4, 0.5) is 22.0 Å². The van der Waals surface area contributed by atoms with Crippen molar-refractivity contribution < 1.29 is 18.8 Å². The van der Waals surface area contributed by atoms with Crippen LogP contribution in [0.15, 0.2) is 71.9 Å². The second-order valence-electron chi connectivity index (χ2n) is 11.0. The lowest BCUT2D eigenvalue weighted by Gasteiger charge is -2.25. The highest BCUT2D eigenvalue weighted by Crippen LogP contribution is 2.43. The van der Waals surface area contributed by atoms with E-state index in [1.807, 2.05) is 36.4 Å². The van der Waals surface area contributed by atoms with Crippen molar-refractivity contribution >= 4 is 58.5 Å². The maximum Gasteiger partial charge on any atom is 0.323 e. The largest absolute Gasteiger partial charge is 0.494 e. The number of carbonyl (C=O) groups excluding carboxylic acids is 1. The molecule has 0 aliphatic carbocycles. The molecule has 0 bridgehead atoms. The van der Waals surface area contributed by atoms with Crippen LogP contribution in [0.25, 0.3) is 10.8 Å². The van der Waals surface area contributed by atoms with E-state index in [9.17, 15) is 9.36 Å². The van der Waals surface area contributed by atoms with Gasteiger partial charge in [-0.1, -0.05) is 45.0 Å². The van der Waals surface area contributed by atoms with Gasteiger partial charge in [0.1, 0.15) is 24.5 Å². The standard InChI is InChI=1S/C31H35N6O4P/c1-31(2,3)19-15-24(29(40-4)26(16-19)42(5,6)39)36-30(38)35-23-11-12-25(22-10-8-7-9-21(22)23)41-20-13-14-34-28(17-20)37-27(33)18-32/h7-18,32H,1-6H3,(H2,33,34,37)(H2,35,36,38). The number of carbonyl (C=O) groups is 1. The Morgan fingerprint density at radius 1 is 1.02 bits per heavy atom. The zero-order valence-electron chi connectivity index (χ0n) is 24.5. The van der Waals surface area contributed by atoms with Crippen LogP contribution >= 0.6 is 7.14 Å². The van der Waals surface area contributed by atoms with Crippen molar-refractivity contribution in [2.75, 3.05) is 31.1 Å². The van der Waals surface area contributed by atoms with Crippen molar-refractivity contribution in [3.05, 3.63) is 72.4 Å². The van der Waals surface area contributed by atoms with Gasteiger partial charge < -0.3 is 35.8 Å². The smallest absolute Gasteiger partial charge is 0.323 e. The van der Waals surface area contributed by atoms with Gasteiger partial charge in [-0.3, -0.25) is 0 Å². The number of nitrogens with two attached hydrogens (primary N) is 1. The van der Waals surface area contributed by atoms with Gasteiger partial charge in [0.15, 0.2) is 11.6 Å². The van der Waals surface area contributed by atoms with Gasteiger partial charge in [-0.2, -0.15) is 0 Å². The summed E-state index contributed by atoms with van der Waals surface area (Å²) in [5.41, 5.74) is 7.30. The van der Waals surface area contributed by atoms with Crippen LogP contribution < -0.4 is 31.1 Å². The van der Waals surface area contributed by atoms with Crippen molar-refractivity contribution in [3.63, 3.8) is 0 Å². The molecule has 4 rings (SSSR count). The maximum absolute atomic E-state index is 13.3. The van der Waals surface area contributed by atoms with Crippen LogP contribution in [-0.2, 0) is 9.98 Å². The number of fused-ring (bicyclic) bond motifs is 1. The number of rotatable bonds is 8. The molecule has 11 heteroatoms. The number of amides is 2. The molecule has 3 aromatic carbocycles. The molecule has 0 aliphatic heterocycles. The fourth-order valence-corrected chi connectivity index (χ4v) is 5.47. The van der Waals surface area contributed by atoms with Crippen LogP contribution in [0.1, 0.15) is 26.3 Å². The Hall–Kier alpha value is -4.69. The van der Waals surface area contributed by atoms with Crippen molar-refractivity contribution in [1.82, 2.24) is 4.98 Å². The predicted octanol–water partition coefficient (Wildman–Crippen LogP) is 6.86. The lowest BCUT2D eigenvalue weighted by molar-refractivity contribution is 0.262. The fraction of sp³-hybridized carbons (Fsp3) is 0.226. The number of urea groups is 1. The quantitative estimate of drug-likeness (QED) is 0.101. The molecule has 0 radical (unpaired) electrons. The SMILES string of the molecule is COc1c(NC(=O)Nc2ccc(Oc3ccnc(N=C(N)C=N)c3)c3ccccc23)cc(C(C)(C)C)cc1P(C)(C)=O. The van der Waals surface area contributed by atoms with E-state index in [-0.39, 0.29) is 11.3 Å². The Morgan fingerprint density at radius 2 is 1.71 bits per heavy atom. The molecular formula is C31H35N6O4P. The van der Waals surface area contributed by atoms with Crippen LogP contribution in [-0.4, -0.2) is 43.5 Å². The molecule has 0 saturated heterocycles. The number of hydrogen-bond acceptors (Lipinski definition) is 7. The topological polar surface area (TPSA) is 152 Å². The highest BCUT2D eigenvalue weighted by Gasteiger charge is 2.26. The molecule has 1 heterocycles. The first-order valence-electron chi connectivity index (χ1n) is 13.2. The number of pyridine rings is 1. The number of aliphatic imine (C=N–C) groups is 1. The minimum Gasteiger partial charge on any atom is -0.494 e. The molecule has 0 spiro atoms. The number of ether oxygens (including phenoxy) is 2. The summed E-state index contributed by atoms with van der Waals surface area (Å²) in [5, 5.41) is 15.2. The van der Waals surface area contributed by atoms with Gasteiger partial charge in [0, 0.05) is 23.0 Å². The van der Waals surface area contributed by atoms with Crippen LogP contribution in [0.3, 0.4) is 0 Å². The number of hydrogen-bond donors (Lipinski definition) is 4. The lowest BCUT2D eigenvalue weighted by atomic mass is 9.86. The first-order chi connectivity index (χ1) is 19.8. The van der Waals surface area contributed by atoms with Crippen molar-refractivity contribution in [2.24, 2.45) is 10.7 Å². The molecule has 42 heavy (non-hydrogen) atoms. The van der Waals surface area contributed by atoms with Gasteiger partial charge in [-0.25, -0.2) is 14.8 Å². The fourth-order valence-electron chi connectivity index (χ4n) is 4.32. The van der Waals surface area contributed by atoms with Gasteiger partial charge in [0.2, 0.25) is 0 Å². The number of nitrogens with zero attached hydrogens (tertiary/aromatic N) is 2. The highest BCUT2D eigenvalue weighted by atomic mass is 31.2. The van der Waals surface area contributed by atoms with Gasteiger partial charge >= 0.3 is 6.03 Å². The van der Waals surface area contributed by atoms with Crippen molar-refractivity contribution in [2.45, 2.75) is 26.2 Å². The molecule has 5 N–H and O–H groups in total. The Bertz CT molecular complexity index is 1740. The Morgan fingerprint density at radius 3 is 2.36 bits per heavy atom. The van der Waals surface area contributed by atoms with E-state index in [4.69, 9.17) is 20.6 Å². The van der Waals surface area contributed by atoms with Gasteiger partial charge in [0.25, 0.3) is 0 Å². The first-order valence-corrected chi connectivity index (χ1v) is 15.8. The Balaban J connectivity index is 1.65. The lowest BCUT2D eigenvalue weighted by Crippen LogP contribution is -2.23. The molecule has 218 valence electrons. The molecule has 4 aromatic rings. The maximum atomic E-state index is 13.3. The molecule has 0 aliphatic rings. The van der Waals surface area contributed by atoms with Gasteiger partial charge in [-0.05, 0) is 54.6 Å². The van der Waals surface area contributed by atoms with Crippen LogP contribution in [0.2, 0.25) is 0 Å². The first kappa shape index (κ1) is 30.3. The highest BCUT2D eigenvalue weighted by molar-refractivity contribution is 7.70. The molecule has 10 nitrogen and oxygen atoms in total. The molecule has 0 fully saturated rings. The van der Waals surface area contributed by atoms with Crippen LogP contribution in [0.5, 0.6) is 17.2 Å². The molecule has 0 atom stereocenters. The summed E-state index contributed by atoms with van der Waals surface area (Å²) < 4.78 is 24.9. The molecule has 2 amide bonds. The number of methoxy groups -OCH3 is 1. The normalized spacial score (nSPS) is 12.1. The monoisotopic (exact) mass is 586 g/mol. The number of aromatic nitrogens is 1. The van der Waals surface area contributed by atoms with Crippen molar-refractivity contribution in [1.29, 1.82) is 5.41 Å². The summed E-state index contributed by atoms with van der Waals surface area (Å²) in [6, 6.07) is 17.6. The Kier molecular flexibility index (Phi) is 8.68. The molecule has 0 saturated carbocycles. The molecule has 0 unspecified atom stereocenters. The summed E-state index contributed by atoms with van der Waals surface area (Å²) in [5.74, 6) is 1.75. The summed E-state index contributed by atoms with van der Waals surface area (Å²) in [7, 11) is -1.22. The zero-order chi connectivity index (χ0) is 30.7. The van der Waals surface area contributed by atoms with Crippen LogP contribution in [0, 0.1) is 5.41 Å². The van der Waals surface area contributed by atoms with Gasteiger partial charge in [-0.15, -0.1) is 0 Å². The van der Waals surface area contributed by atoms with E-state index in [0.29, 0.717) is 39.7 Å². The van der Waals surface area contributed by atoms with E-state index in [2.05, 4.69) is 41.4 Å². The molecule has 1 aromatic heterocycles. The third-order valence-electron chi connectivity index (χ3n) is 6.44. The minimum atomic E-state index is -2.72. The number of benzene rings is 3. The van der Waals surface area contributed by atoms with E-state index >= 15 is 0 Å². The average Bonchev–Trinajstić information content (AvgIpc) is 2.93. The second-order valence-corrected chi connectivity index (χ2v) is 14.2. The third kappa shape index (κ3) is 6.95. The third-order valence-corrected chi connectivity index (χ3v) is 7.93. The van der Waals surface area contributed by atoms with E-state index in [1.54, 1.807) is 37.6 Å². The van der Waals surface area contributed by atoms with Crippen molar-refractivity contribution in [3.8, 4) is 17.2 Å². The summed E-state index contributed by atoms with van der Waals surface area (Å²) >= 11 is 0. The zero-order valence-corrected chi connectivity index (χ0v) is 25.4. The molecular weight excluding hydrogens is 551 g/mol. The van der Waals surface area contributed by atoms with E-state index in [1.165, 1.54) is 13.3 Å². The Labute approximate surface area is 245 Å². The number of nitrogens with one attached hydrogen (secondary N) is 3. The average molecular weight is 587 g/mol.